The van der Waals surface area contributed by atoms with Gasteiger partial charge in [-0.15, -0.1) is 11.3 Å². The van der Waals surface area contributed by atoms with Gasteiger partial charge in [-0.1, -0.05) is 18.2 Å². The number of amides is 1. The monoisotopic (exact) mass is 355 g/mol. The molecule has 0 aliphatic heterocycles. The molecule has 0 bridgehead atoms. The Labute approximate surface area is 150 Å². The number of likely N-dealkylation sites (N-methyl/N-ethyl adjacent to an activating group) is 1. The molecule has 25 heavy (non-hydrogen) atoms. The van der Waals surface area contributed by atoms with Crippen molar-refractivity contribution in [1.82, 2.24) is 14.5 Å². The molecule has 1 atom stereocenters. The Hall–Kier alpha value is -2.47. The highest BCUT2D eigenvalue weighted by atomic mass is 32.1. The van der Waals surface area contributed by atoms with Crippen LogP contribution in [0.2, 0.25) is 0 Å². The van der Waals surface area contributed by atoms with E-state index < -0.39 is 0 Å². The van der Waals surface area contributed by atoms with Gasteiger partial charge in [0.1, 0.15) is 5.82 Å². The van der Waals surface area contributed by atoms with Crippen LogP contribution >= 0.6 is 11.3 Å². The van der Waals surface area contributed by atoms with Crippen LogP contribution in [0.1, 0.15) is 30.6 Å². The largest absolute Gasteiger partial charge is 0.336 e. The zero-order valence-electron chi connectivity index (χ0n) is 14.6. The van der Waals surface area contributed by atoms with Crippen molar-refractivity contribution in [3.05, 3.63) is 62.8 Å². The summed E-state index contributed by atoms with van der Waals surface area (Å²) in [5, 5.41) is 2.57. The first kappa shape index (κ1) is 17.4. The Balaban J connectivity index is 1.96. The fourth-order valence-corrected chi connectivity index (χ4v) is 3.58. The van der Waals surface area contributed by atoms with Crippen molar-refractivity contribution in [1.29, 1.82) is 0 Å². The summed E-state index contributed by atoms with van der Waals surface area (Å²) < 4.78 is 1.65. The normalized spacial score (nSPS) is 12.3. The second kappa shape index (κ2) is 7.19. The lowest BCUT2D eigenvalue weighted by atomic mass is 10.2. The molecule has 3 aromatic rings. The third-order valence-corrected chi connectivity index (χ3v) is 5.34. The van der Waals surface area contributed by atoms with Crippen LogP contribution < -0.4 is 5.56 Å². The van der Waals surface area contributed by atoms with Gasteiger partial charge in [0.2, 0.25) is 5.91 Å². The Kier molecular flexibility index (Phi) is 4.99. The Morgan fingerprint density at radius 1 is 1.28 bits per heavy atom. The number of thiophene rings is 1. The molecule has 5 nitrogen and oxygen atoms in total. The molecule has 1 unspecified atom stereocenters. The first-order valence-corrected chi connectivity index (χ1v) is 9.18. The summed E-state index contributed by atoms with van der Waals surface area (Å²) in [6.45, 7) is 4.35. The van der Waals surface area contributed by atoms with Crippen molar-refractivity contribution in [3.8, 4) is 0 Å². The van der Waals surface area contributed by atoms with Gasteiger partial charge in [-0.3, -0.25) is 14.2 Å². The molecule has 130 valence electrons. The Morgan fingerprint density at radius 3 is 2.72 bits per heavy atom. The fourth-order valence-electron chi connectivity index (χ4n) is 2.89. The van der Waals surface area contributed by atoms with Crippen LogP contribution in [0.5, 0.6) is 0 Å². The van der Waals surface area contributed by atoms with E-state index in [1.807, 2.05) is 49.6 Å². The van der Waals surface area contributed by atoms with Crippen molar-refractivity contribution >= 4 is 28.1 Å². The molecule has 0 aliphatic rings. The number of rotatable bonds is 5. The van der Waals surface area contributed by atoms with E-state index in [1.165, 1.54) is 0 Å². The Morgan fingerprint density at radius 2 is 2.04 bits per heavy atom. The van der Waals surface area contributed by atoms with Crippen LogP contribution in [0.3, 0.4) is 0 Å². The SMILES string of the molecule is CCn1c(C(C)N(C)C(=O)Cc2cccs2)nc2ccccc2c1=O. The maximum absolute atomic E-state index is 12.8. The van der Waals surface area contributed by atoms with Gasteiger partial charge in [0.05, 0.1) is 23.4 Å². The fraction of sp³-hybridized carbons (Fsp3) is 0.316. The number of hydrogen-bond donors (Lipinski definition) is 0. The predicted octanol–water partition coefficient (Wildman–Crippen LogP) is 3.24. The smallest absolute Gasteiger partial charge is 0.261 e. The molecule has 0 saturated carbocycles. The van der Waals surface area contributed by atoms with E-state index >= 15 is 0 Å². The van der Waals surface area contributed by atoms with E-state index in [4.69, 9.17) is 0 Å². The van der Waals surface area contributed by atoms with E-state index in [0.717, 1.165) is 4.88 Å². The standard InChI is InChI=1S/C19H21N3O2S/c1-4-22-18(20-16-10-6-5-9-15(16)19(22)24)13(2)21(3)17(23)12-14-8-7-11-25-14/h5-11,13H,4,12H2,1-3H3. The molecule has 0 saturated heterocycles. The van der Waals surface area contributed by atoms with Crippen molar-refractivity contribution in [3.63, 3.8) is 0 Å². The summed E-state index contributed by atoms with van der Waals surface area (Å²) in [6, 6.07) is 10.9. The summed E-state index contributed by atoms with van der Waals surface area (Å²) in [6.07, 6.45) is 0.364. The second-order valence-electron chi connectivity index (χ2n) is 5.97. The number of hydrogen-bond acceptors (Lipinski definition) is 4. The lowest BCUT2D eigenvalue weighted by Gasteiger charge is -2.26. The third kappa shape index (κ3) is 3.35. The van der Waals surface area contributed by atoms with E-state index in [-0.39, 0.29) is 17.5 Å². The van der Waals surface area contributed by atoms with Crippen LogP contribution in [0, 0.1) is 0 Å². The molecular formula is C19H21N3O2S. The number of nitrogens with zero attached hydrogens (tertiary/aromatic N) is 3. The molecule has 3 rings (SSSR count). The van der Waals surface area contributed by atoms with Crippen molar-refractivity contribution in [2.75, 3.05) is 7.05 Å². The van der Waals surface area contributed by atoms with Gasteiger partial charge in [0, 0.05) is 18.5 Å². The van der Waals surface area contributed by atoms with Gasteiger partial charge >= 0.3 is 0 Å². The molecule has 1 amide bonds. The number of carbonyl (C=O) groups is 1. The summed E-state index contributed by atoms with van der Waals surface area (Å²) in [7, 11) is 1.77. The minimum atomic E-state index is -0.287. The van der Waals surface area contributed by atoms with Gasteiger partial charge in [0.15, 0.2) is 0 Å². The summed E-state index contributed by atoms with van der Waals surface area (Å²) >= 11 is 1.57. The van der Waals surface area contributed by atoms with Crippen LogP contribution in [-0.2, 0) is 17.8 Å². The highest BCUT2D eigenvalue weighted by molar-refractivity contribution is 7.10. The minimum Gasteiger partial charge on any atom is -0.336 e. The number of aromatic nitrogens is 2. The molecule has 6 heteroatoms. The van der Waals surface area contributed by atoms with Crippen molar-refractivity contribution in [2.24, 2.45) is 0 Å². The zero-order chi connectivity index (χ0) is 18.0. The number of carbonyl (C=O) groups excluding carboxylic acids is 1. The lowest BCUT2D eigenvalue weighted by Crippen LogP contribution is -2.35. The molecule has 1 aromatic carbocycles. The average Bonchev–Trinajstić information content (AvgIpc) is 3.13. The quantitative estimate of drug-likeness (QED) is 0.706. The van der Waals surface area contributed by atoms with E-state index in [1.54, 1.807) is 33.9 Å². The van der Waals surface area contributed by atoms with Gasteiger partial charge in [-0.25, -0.2) is 4.98 Å². The topological polar surface area (TPSA) is 55.2 Å². The zero-order valence-corrected chi connectivity index (χ0v) is 15.4. The average molecular weight is 355 g/mol. The first-order chi connectivity index (χ1) is 12.0. The van der Waals surface area contributed by atoms with Crippen LogP contribution in [0.4, 0.5) is 0 Å². The van der Waals surface area contributed by atoms with E-state index in [9.17, 15) is 9.59 Å². The summed E-state index contributed by atoms with van der Waals surface area (Å²) in [5.41, 5.74) is 0.604. The van der Waals surface area contributed by atoms with Crippen LogP contribution in [0.25, 0.3) is 10.9 Å². The third-order valence-electron chi connectivity index (χ3n) is 4.46. The molecule has 0 fully saturated rings. The lowest BCUT2D eigenvalue weighted by molar-refractivity contribution is -0.131. The Bertz CT molecular complexity index is 947. The summed E-state index contributed by atoms with van der Waals surface area (Å²) in [4.78, 5) is 32.7. The number of fused-ring (bicyclic) bond motifs is 1. The number of para-hydroxylation sites is 1. The molecular weight excluding hydrogens is 334 g/mol. The van der Waals surface area contributed by atoms with Gasteiger partial charge in [-0.2, -0.15) is 0 Å². The van der Waals surface area contributed by atoms with Crippen molar-refractivity contribution in [2.45, 2.75) is 32.9 Å². The maximum Gasteiger partial charge on any atom is 0.261 e. The molecule has 0 radical (unpaired) electrons. The van der Waals surface area contributed by atoms with Crippen LogP contribution in [-0.4, -0.2) is 27.4 Å². The van der Waals surface area contributed by atoms with Crippen molar-refractivity contribution < 1.29 is 4.79 Å². The highest BCUT2D eigenvalue weighted by Gasteiger charge is 2.23. The van der Waals surface area contributed by atoms with Gasteiger partial charge < -0.3 is 4.90 Å². The molecule has 2 aromatic heterocycles. The first-order valence-electron chi connectivity index (χ1n) is 8.30. The van der Waals surface area contributed by atoms with E-state index in [2.05, 4.69) is 4.98 Å². The predicted molar refractivity (Wildman–Crippen MR) is 101 cm³/mol. The molecule has 0 N–H and O–H groups in total. The number of benzene rings is 1. The van der Waals surface area contributed by atoms with Crippen LogP contribution in [0.15, 0.2) is 46.6 Å². The van der Waals surface area contributed by atoms with Gasteiger partial charge in [-0.05, 0) is 37.4 Å². The maximum atomic E-state index is 12.8. The molecule has 0 aliphatic carbocycles. The minimum absolute atomic E-state index is 0.0139. The second-order valence-corrected chi connectivity index (χ2v) is 7.01. The molecule has 2 heterocycles. The summed E-state index contributed by atoms with van der Waals surface area (Å²) in [5.74, 6) is 0.633. The molecule has 0 spiro atoms. The highest BCUT2D eigenvalue weighted by Crippen LogP contribution is 2.20. The van der Waals surface area contributed by atoms with E-state index in [0.29, 0.717) is 29.7 Å². The van der Waals surface area contributed by atoms with Gasteiger partial charge in [0.25, 0.3) is 5.56 Å².